The van der Waals surface area contributed by atoms with Crippen molar-refractivity contribution < 1.29 is 9.53 Å². The van der Waals surface area contributed by atoms with Crippen LogP contribution in [-0.4, -0.2) is 12.9 Å². The maximum absolute atomic E-state index is 10.8. The van der Waals surface area contributed by atoms with Crippen molar-refractivity contribution in [2.24, 2.45) is 0 Å². The van der Waals surface area contributed by atoms with E-state index in [-0.39, 0.29) is 0 Å². The number of allylic oxidation sites excluding steroid dienone is 1. The first-order chi connectivity index (χ1) is 7.19. The van der Waals surface area contributed by atoms with Crippen LogP contribution >= 0.6 is 15.9 Å². The van der Waals surface area contributed by atoms with Gasteiger partial charge in [0.05, 0.1) is 5.56 Å². The molecule has 1 rings (SSSR count). The maximum atomic E-state index is 10.8. The molecule has 0 spiro atoms. The SMILES string of the molecule is C/C=C/COc1c(C)cc(Br)cc1C=O. The van der Waals surface area contributed by atoms with Gasteiger partial charge in [0, 0.05) is 4.47 Å². The first-order valence-corrected chi connectivity index (χ1v) is 5.47. The number of ether oxygens (including phenoxy) is 1. The molecule has 0 aliphatic heterocycles. The average Bonchev–Trinajstić information content (AvgIpc) is 2.20. The Bertz CT molecular complexity index is 383. The Hall–Kier alpha value is -1.09. The molecule has 0 unspecified atom stereocenters. The molecule has 0 aliphatic rings. The molecule has 3 heteroatoms. The van der Waals surface area contributed by atoms with Crippen molar-refractivity contribution in [2.45, 2.75) is 13.8 Å². The molecule has 1 aromatic carbocycles. The first-order valence-electron chi connectivity index (χ1n) is 4.68. The van der Waals surface area contributed by atoms with Gasteiger partial charge in [-0.05, 0) is 31.5 Å². The molecular formula is C12H13BrO2. The summed E-state index contributed by atoms with van der Waals surface area (Å²) in [5, 5.41) is 0. The van der Waals surface area contributed by atoms with Crippen LogP contribution in [0.25, 0.3) is 0 Å². The molecule has 0 saturated carbocycles. The van der Waals surface area contributed by atoms with Crippen LogP contribution in [0.3, 0.4) is 0 Å². The van der Waals surface area contributed by atoms with Gasteiger partial charge in [-0.15, -0.1) is 0 Å². The number of hydrogen-bond donors (Lipinski definition) is 0. The Balaban J connectivity index is 2.98. The summed E-state index contributed by atoms with van der Waals surface area (Å²) in [6, 6.07) is 3.68. The van der Waals surface area contributed by atoms with Gasteiger partial charge in [0.15, 0.2) is 6.29 Å². The third kappa shape index (κ3) is 3.20. The van der Waals surface area contributed by atoms with Crippen LogP contribution in [0.15, 0.2) is 28.8 Å². The standard InChI is InChI=1S/C12H13BrO2/c1-3-4-5-15-12-9(2)6-11(13)7-10(12)8-14/h3-4,6-8H,5H2,1-2H3/b4-3+. The predicted octanol–water partition coefficient (Wildman–Crippen LogP) is 3.52. The fourth-order valence-corrected chi connectivity index (χ4v) is 1.86. The van der Waals surface area contributed by atoms with E-state index in [1.807, 2.05) is 32.1 Å². The number of aldehydes is 1. The highest BCUT2D eigenvalue weighted by Gasteiger charge is 2.07. The summed E-state index contributed by atoms with van der Waals surface area (Å²) in [7, 11) is 0. The average molecular weight is 269 g/mol. The van der Waals surface area contributed by atoms with Crippen molar-refractivity contribution >= 4 is 22.2 Å². The minimum atomic E-state index is 0.486. The van der Waals surface area contributed by atoms with Crippen LogP contribution in [0.1, 0.15) is 22.8 Å². The van der Waals surface area contributed by atoms with Gasteiger partial charge in [0.25, 0.3) is 0 Å². The molecule has 2 nitrogen and oxygen atoms in total. The number of carbonyl (C=O) groups excluding carboxylic acids is 1. The van der Waals surface area contributed by atoms with Gasteiger partial charge >= 0.3 is 0 Å². The Morgan fingerprint density at radius 2 is 2.20 bits per heavy atom. The van der Waals surface area contributed by atoms with Crippen LogP contribution in [0.5, 0.6) is 5.75 Å². The van der Waals surface area contributed by atoms with Crippen LogP contribution in [0, 0.1) is 6.92 Å². The third-order valence-corrected chi connectivity index (χ3v) is 2.41. The van der Waals surface area contributed by atoms with E-state index >= 15 is 0 Å². The van der Waals surface area contributed by atoms with Gasteiger partial charge in [-0.1, -0.05) is 28.1 Å². The predicted molar refractivity (Wildman–Crippen MR) is 64.6 cm³/mol. The molecule has 15 heavy (non-hydrogen) atoms. The molecule has 0 heterocycles. The van der Waals surface area contributed by atoms with Gasteiger partial charge in [0.1, 0.15) is 12.4 Å². The van der Waals surface area contributed by atoms with E-state index < -0.39 is 0 Å². The minimum Gasteiger partial charge on any atom is -0.489 e. The Morgan fingerprint density at radius 1 is 1.47 bits per heavy atom. The zero-order chi connectivity index (χ0) is 11.3. The number of carbonyl (C=O) groups is 1. The van der Waals surface area contributed by atoms with Gasteiger partial charge in [0.2, 0.25) is 0 Å². The summed E-state index contributed by atoms with van der Waals surface area (Å²) < 4.78 is 6.40. The zero-order valence-electron chi connectivity index (χ0n) is 8.79. The number of hydrogen-bond acceptors (Lipinski definition) is 2. The lowest BCUT2D eigenvalue weighted by atomic mass is 10.1. The molecule has 0 aromatic heterocycles. The van der Waals surface area contributed by atoms with Gasteiger partial charge in [-0.3, -0.25) is 4.79 Å². The van der Waals surface area contributed by atoms with Gasteiger partial charge < -0.3 is 4.74 Å². The second kappa shape index (κ2) is 5.71. The summed E-state index contributed by atoms with van der Waals surface area (Å²) in [4.78, 5) is 10.8. The molecule has 0 atom stereocenters. The largest absolute Gasteiger partial charge is 0.489 e. The van der Waals surface area contributed by atoms with Crippen LogP contribution in [0.2, 0.25) is 0 Å². The summed E-state index contributed by atoms with van der Waals surface area (Å²) in [5.41, 5.74) is 1.53. The van der Waals surface area contributed by atoms with Gasteiger partial charge in [-0.25, -0.2) is 0 Å². The Morgan fingerprint density at radius 3 is 2.80 bits per heavy atom. The number of rotatable bonds is 4. The second-order valence-corrected chi connectivity index (χ2v) is 4.05. The zero-order valence-corrected chi connectivity index (χ0v) is 10.4. The molecular weight excluding hydrogens is 256 g/mol. The normalized spacial score (nSPS) is 10.6. The first kappa shape index (κ1) is 12.0. The molecule has 0 saturated heterocycles. The summed E-state index contributed by atoms with van der Waals surface area (Å²) in [6.45, 7) is 4.33. The van der Waals surface area contributed by atoms with E-state index in [0.29, 0.717) is 17.9 Å². The Kier molecular flexibility index (Phi) is 4.56. The quantitative estimate of drug-likeness (QED) is 0.617. The van der Waals surface area contributed by atoms with Crippen LogP contribution in [0.4, 0.5) is 0 Å². The minimum absolute atomic E-state index is 0.486. The van der Waals surface area contributed by atoms with Crippen molar-refractivity contribution in [1.82, 2.24) is 0 Å². The van der Waals surface area contributed by atoms with E-state index in [2.05, 4.69) is 15.9 Å². The van der Waals surface area contributed by atoms with E-state index in [0.717, 1.165) is 16.3 Å². The Labute approximate surface area is 98.1 Å². The summed E-state index contributed by atoms with van der Waals surface area (Å²) >= 11 is 3.34. The number of halogens is 1. The lowest BCUT2D eigenvalue weighted by Crippen LogP contribution is -1.99. The maximum Gasteiger partial charge on any atom is 0.153 e. The van der Waals surface area contributed by atoms with E-state index in [1.54, 1.807) is 6.07 Å². The molecule has 0 fully saturated rings. The van der Waals surface area contributed by atoms with E-state index in [4.69, 9.17) is 4.74 Å². The topological polar surface area (TPSA) is 26.3 Å². The monoisotopic (exact) mass is 268 g/mol. The fraction of sp³-hybridized carbons (Fsp3) is 0.250. The third-order valence-electron chi connectivity index (χ3n) is 1.95. The lowest BCUT2D eigenvalue weighted by molar-refractivity contribution is 0.112. The molecule has 0 bridgehead atoms. The lowest BCUT2D eigenvalue weighted by Gasteiger charge is -2.10. The van der Waals surface area contributed by atoms with Crippen LogP contribution in [-0.2, 0) is 0 Å². The highest BCUT2D eigenvalue weighted by molar-refractivity contribution is 9.10. The van der Waals surface area contributed by atoms with Crippen molar-refractivity contribution in [2.75, 3.05) is 6.61 Å². The van der Waals surface area contributed by atoms with E-state index in [1.165, 1.54) is 0 Å². The number of aryl methyl sites for hydroxylation is 1. The highest BCUT2D eigenvalue weighted by Crippen LogP contribution is 2.26. The van der Waals surface area contributed by atoms with Crippen LogP contribution < -0.4 is 4.74 Å². The van der Waals surface area contributed by atoms with Crippen molar-refractivity contribution in [3.8, 4) is 5.75 Å². The van der Waals surface area contributed by atoms with Crippen molar-refractivity contribution in [3.05, 3.63) is 39.9 Å². The molecule has 0 radical (unpaired) electrons. The summed E-state index contributed by atoms with van der Waals surface area (Å²) in [5.74, 6) is 0.659. The number of benzene rings is 1. The van der Waals surface area contributed by atoms with Gasteiger partial charge in [-0.2, -0.15) is 0 Å². The molecule has 1 aromatic rings. The molecule has 0 N–H and O–H groups in total. The van der Waals surface area contributed by atoms with Crippen molar-refractivity contribution in [1.29, 1.82) is 0 Å². The fourth-order valence-electron chi connectivity index (χ4n) is 1.27. The second-order valence-electron chi connectivity index (χ2n) is 3.14. The molecule has 0 amide bonds. The molecule has 80 valence electrons. The van der Waals surface area contributed by atoms with Crippen molar-refractivity contribution in [3.63, 3.8) is 0 Å². The highest BCUT2D eigenvalue weighted by atomic mass is 79.9. The summed E-state index contributed by atoms with van der Waals surface area (Å²) in [6.07, 6.45) is 4.62. The molecule has 0 aliphatic carbocycles. The smallest absolute Gasteiger partial charge is 0.153 e. The van der Waals surface area contributed by atoms with E-state index in [9.17, 15) is 4.79 Å².